The molecule has 8 heteroatoms. The molecule has 0 radical (unpaired) electrons. The van der Waals surface area contributed by atoms with Crippen molar-refractivity contribution in [2.24, 2.45) is 0 Å². The Balaban J connectivity index is 1.27. The molecule has 0 saturated carbocycles. The number of para-hydroxylation sites is 1. The number of hydrogen-bond acceptors (Lipinski definition) is 6. The van der Waals surface area contributed by atoms with E-state index in [0.717, 1.165) is 53.8 Å². The lowest BCUT2D eigenvalue weighted by Gasteiger charge is -2.06. The Hall–Kier alpha value is -3.49. The molecule has 3 aromatic carbocycles. The lowest BCUT2D eigenvalue weighted by atomic mass is 10.1. The van der Waals surface area contributed by atoms with Gasteiger partial charge in [0.15, 0.2) is 4.34 Å². The number of aromatic nitrogens is 2. The monoisotopic (exact) mass is 475 g/mol. The van der Waals surface area contributed by atoms with Gasteiger partial charge in [-0.25, -0.2) is 4.98 Å². The van der Waals surface area contributed by atoms with Crippen LogP contribution in [0.3, 0.4) is 0 Å². The molecule has 5 rings (SSSR count). The fourth-order valence-corrected chi connectivity index (χ4v) is 5.79. The summed E-state index contributed by atoms with van der Waals surface area (Å²) in [6, 6.07) is 18.8. The summed E-state index contributed by atoms with van der Waals surface area (Å²) in [6.07, 6.45) is 2.02. The van der Waals surface area contributed by atoms with Gasteiger partial charge in [-0.15, -0.1) is 11.3 Å². The van der Waals surface area contributed by atoms with Crippen molar-refractivity contribution in [3.8, 4) is 11.5 Å². The van der Waals surface area contributed by atoms with Crippen molar-refractivity contribution >= 4 is 55.8 Å². The number of carbonyl (C=O) groups excluding carboxylic acids is 1. The normalized spacial score (nSPS) is 11.2. The van der Waals surface area contributed by atoms with Crippen molar-refractivity contribution < 1.29 is 14.6 Å². The molecular weight excluding hydrogens is 454 g/mol. The fraction of sp³-hybridized carbons (Fsp3) is 0.120. The first-order valence-corrected chi connectivity index (χ1v) is 12.1. The Labute approximate surface area is 198 Å². The second-order valence-electron chi connectivity index (χ2n) is 7.53. The predicted molar refractivity (Wildman–Crippen MR) is 134 cm³/mol. The number of nitrogens with one attached hydrogen (secondary N) is 2. The number of thioether (sulfide) groups is 1. The third-order valence-electron chi connectivity index (χ3n) is 5.30. The van der Waals surface area contributed by atoms with Crippen LogP contribution in [0.4, 0.5) is 5.69 Å². The zero-order valence-corrected chi connectivity index (χ0v) is 19.4. The molecule has 0 bridgehead atoms. The van der Waals surface area contributed by atoms with Gasteiger partial charge in [0.25, 0.3) is 0 Å². The van der Waals surface area contributed by atoms with Crippen LogP contribution in [0, 0.1) is 0 Å². The minimum Gasteiger partial charge on any atom is -0.508 e. The highest BCUT2D eigenvalue weighted by Crippen LogP contribution is 2.34. The Morgan fingerprint density at radius 2 is 2.03 bits per heavy atom. The summed E-state index contributed by atoms with van der Waals surface area (Å²) in [5.74, 6) is 1.71. The number of benzene rings is 3. The quantitative estimate of drug-likeness (QED) is 0.253. The number of fused-ring (bicyclic) bond motifs is 2. The zero-order valence-electron chi connectivity index (χ0n) is 17.8. The van der Waals surface area contributed by atoms with Gasteiger partial charge in [-0.3, -0.25) is 4.79 Å². The first-order chi connectivity index (χ1) is 16.1. The van der Waals surface area contributed by atoms with E-state index in [2.05, 4.69) is 16.4 Å². The van der Waals surface area contributed by atoms with Gasteiger partial charge in [-0.05, 0) is 48.0 Å². The van der Waals surface area contributed by atoms with E-state index in [1.54, 1.807) is 54.6 Å². The molecule has 0 aliphatic rings. The molecule has 3 N–H and O–H groups in total. The molecule has 0 unspecified atom stereocenters. The van der Waals surface area contributed by atoms with Crippen LogP contribution in [-0.4, -0.2) is 28.1 Å². The largest absolute Gasteiger partial charge is 0.508 e. The van der Waals surface area contributed by atoms with Crippen LogP contribution in [0.5, 0.6) is 11.5 Å². The number of aromatic amines is 1. The summed E-state index contributed by atoms with van der Waals surface area (Å²) in [6.45, 7) is 0. The van der Waals surface area contributed by atoms with E-state index >= 15 is 0 Å². The predicted octanol–water partition coefficient (Wildman–Crippen LogP) is 5.97. The molecule has 0 aliphatic carbocycles. The molecule has 0 spiro atoms. The number of rotatable bonds is 7. The SMILES string of the molecule is COc1ccccc1CSc1nc2ccc(NC(=O)Cc3c[nH]c4ccc(O)cc34)cc2s1. The molecule has 0 fully saturated rings. The lowest BCUT2D eigenvalue weighted by molar-refractivity contribution is -0.115. The maximum atomic E-state index is 12.7. The topological polar surface area (TPSA) is 87.2 Å². The molecule has 0 saturated heterocycles. The highest BCUT2D eigenvalue weighted by molar-refractivity contribution is 8.00. The van der Waals surface area contributed by atoms with Gasteiger partial charge in [0.05, 0.1) is 23.7 Å². The number of H-pyrrole nitrogens is 1. The van der Waals surface area contributed by atoms with E-state index in [-0.39, 0.29) is 18.1 Å². The van der Waals surface area contributed by atoms with E-state index in [1.807, 2.05) is 36.4 Å². The van der Waals surface area contributed by atoms with E-state index in [4.69, 9.17) is 9.72 Å². The number of phenolic OH excluding ortho intramolecular Hbond substituents is 1. The van der Waals surface area contributed by atoms with E-state index < -0.39 is 0 Å². The van der Waals surface area contributed by atoms with Crippen molar-refractivity contribution in [2.75, 3.05) is 12.4 Å². The maximum absolute atomic E-state index is 12.7. The fourth-order valence-electron chi connectivity index (χ4n) is 3.70. The summed E-state index contributed by atoms with van der Waals surface area (Å²) < 4.78 is 7.42. The van der Waals surface area contributed by atoms with Gasteiger partial charge in [0, 0.05) is 34.1 Å². The number of hydrogen-bond donors (Lipinski definition) is 3. The number of aromatic hydroxyl groups is 1. The van der Waals surface area contributed by atoms with Crippen LogP contribution in [0.2, 0.25) is 0 Å². The van der Waals surface area contributed by atoms with E-state index in [1.165, 1.54) is 0 Å². The molecule has 33 heavy (non-hydrogen) atoms. The third kappa shape index (κ3) is 4.67. The summed E-state index contributed by atoms with van der Waals surface area (Å²) in [7, 11) is 1.68. The molecule has 5 aromatic rings. The van der Waals surface area contributed by atoms with Crippen molar-refractivity contribution in [2.45, 2.75) is 16.5 Å². The lowest BCUT2D eigenvalue weighted by Crippen LogP contribution is -2.14. The molecule has 0 aliphatic heterocycles. The second kappa shape index (κ2) is 9.17. The molecular formula is C25H21N3O3S2. The third-order valence-corrected chi connectivity index (χ3v) is 7.51. The summed E-state index contributed by atoms with van der Waals surface area (Å²) >= 11 is 3.28. The average Bonchev–Trinajstić information content (AvgIpc) is 3.41. The Kier molecular flexibility index (Phi) is 5.93. The first kappa shape index (κ1) is 21.4. The van der Waals surface area contributed by atoms with E-state index in [0.29, 0.717) is 0 Å². The molecule has 0 atom stereocenters. The van der Waals surface area contributed by atoms with Gasteiger partial charge in [0.2, 0.25) is 5.91 Å². The number of phenols is 1. The highest BCUT2D eigenvalue weighted by atomic mass is 32.2. The van der Waals surface area contributed by atoms with E-state index in [9.17, 15) is 9.90 Å². The number of carbonyl (C=O) groups is 1. The van der Waals surface area contributed by atoms with Crippen LogP contribution >= 0.6 is 23.1 Å². The molecule has 1 amide bonds. The Morgan fingerprint density at radius 1 is 1.15 bits per heavy atom. The highest BCUT2D eigenvalue weighted by Gasteiger charge is 2.12. The van der Waals surface area contributed by atoms with Gasteiger partial charge >= 0.3 is 0 Å². The summed E-state index contributed by atoms with van der Waals surface area (Å²) in [5.41, 5.74) is 4.50. The number of ether oxygens (including phenoxy) is 1. The number of amides is 1. The minimum absolute atomic E-state index is 0.117. The standard InChI is InChI=1S/C25H21N3O3S2/c1-31-22-5-3-2-4-15(22)14-32-25-28-21-8-6-17(11-23(21)33-25)27-24(30)10-16-13-26-20-9-7-18(29)12-19(16)20/h2-9,11-13,26,29H,10,14H2,1H3,(H,27,30). The summed E-state index contributed by atoms with van der Waals surface area (Å²) in [4.78, 5) is 20.5. The van der Waals surface area contributed by atoms with Crippen molar-refractivity contribution in [1.29, 1.82) is 0 Å². The van der Waals surface area contributed by atoms with Crippen LogP contribution < -0.4 is 10.1 Å². The molecule has 2 heterocycles. The number of nitrogens with zero attached hydrogens (tertiary/aromatic N) is 1. The van der Waals surface area contributed by atoms with Crippen LogP contribution in [0.15, 0.2) is 71.2 Å². The maximum Gasteiger partial charge on any atom is 0.228 e. The van der Waals surface area contributed by atoms with Crippen LogP contribution in [0.25, 0.3) is 21.1 Å². The summed E-state index contributed by atoms with van der Waals surface area (Å²) in [5, 5.41) is 13.6. The van der Waals surface area contributed by atoms with Gasteiger partial charge < -0.3 is 20.1 Å². The van der Waals surface area contributed by atoms with Crippen molar-refractivity contribution in [3.05, 3.63) is 78.0 Å². The minimum atomic E-state index is -0.117. The zero-order chi connectivity index (χ0) is 22.8. The molecule has 6 nitrogen and oxygen atoms in total. The Bertz CT molecular complexity index is 1460. The average molecular weight is 476 g/mol. The molecule has 166 valence electrons. The second-order valence-corrected chi connectivity index (χ2v) is 9.78. The van der Waals surface area contributed by atoms with Gasteiger partial charge in [-0.1, -0.05) is 30.0 Å². The smallest absolute Gasteiger partial charge is 0.228 e. The van der Waals surface area contributed by atoms with Crippen LogP contribution in [0.1, 0.15) is 11.1 Å². The van der Waals surface area contributed by atoms with Gasteiger partial charge in [0.1, 0.15) is 11.5 Å². The number of methoxy groups -OCH3 is 1. The number of anilines is 1. The first-order valence-electron chi connectivity index (χ1n) is 10.3. The van der Waals surface area contributed by atoms with Gasteiger partial charge in [-0.2, -0.15) is 0 Å². The molecule has 2 aromatic heterocycles. The number of thiazole rings is 1. The Morgan fingerprint density at radius 3 is 2.91 bits per heavy atom. The van der Waals surface area contributed by atoms with Crippen LogP contribution in [-0.2, 0) is 17.0 Å². The van der Waals surface area contributed by atoms with Crippen molar-refractivity contribution in [1.82, 2.24) is 9.97 Å². The van der Waals surface area contributed by atoms with Crippen molar-refractivity contribution in [3.63, 3.8) is 0 Å².